The number of nitrogens with one attached hydrogen (secondary N) is 2. The molecule has 1 fully saturated rings. The number of halogens is 2. The topological polar surface area (TPSA) is 87.5 Å². The van der Waals surface area contributed by atoms with Crippen molar-refractivity contribution in [1.29, 1.82) is 0 Å². The number of imidazole rings is 1. The Bertz CT molecular complexity index is 1380. The summed E-state index contributed by atoms with van der Waals surface area (Å²) in [5, 5.41) is 6.15. The first-order valence-electron chi connectivity index (χ1n) is 10.7. The normalized spacial score (nSPS) is 18.8. The Morgan fingerprint density at radius 2 is 1.82 bits per heavy atom. The molecule has 1 aromatic carbocycles. The summed E-state index contributed by atoms with van der Waals surface area (Å²) in [4.78, 5) is 28.1. The first kappa shape index (κ1) is 21.2. The summed E-state index contributed by atoms with van der Waals surface area (Å²) in [5.74, 6) is -1.91. The Kier molecular flexibility index (Phi) is 5.16. The van der Waals surface area contributed by atoms with Crippen LogP contribution in [0.5, 0.6) is 0 Å². The van der Waals surface area contributed by atoms with Gasteiger partial charge in [0.2, 0.25) is 5.95 Å². The molecule has 4 heterocycles. The molecule has 0 radical (unpaired) electrons. The SMILES string of the molecule is Cc1nc2c(F)cc(NC(=O)c3ccc(N4CC(C)NC(C)C4)c4nccnc34)cn2c1F. The molecule has 0 bridgehead atoms. The number of rotatable bonds is 3. The standard InChI is InChI=1S/C23H23F2N7O/c1-12-9-31(10-13(2)28-12)18-5-4-16(19-20(18)27-7-6-26-19)23(33)30-15-8-17(24)22-29-14(3)21(25)32(22)11-15/h4-8,11-13,28H,9-10H2,1-3H3,(H,30,33). The van der Waals surface area contributed by atoms with E-state index in [0.29, 0.717) is 28.7 Å². The third kappa shape index (κ3) is 3.76. The lowest BCUT2D eigenvalue weighted by molar-refractivity contribution is 0.102. The van der Waals surface area contributed by atoms with Gasteiger partial charge < -0.3 is 15.5 Å². The van der Waals surface area contributed by atoms with Crippen molar-refractivity contribution in [3.63, 3.8) is 0 Å². The van der Waals surface area contributed by atoms with Crippen LogP contribution in [0.3, 0.4) is 0 Å². The molecule has 1 amide bonds. The van der Waals surface area contributed by atoms with Crippen molar-refractivity contribution in [1.82, 2.24) is 24.7 Å². The monoisotopic (exact) mass is 451 g/mol. The number of benzene rings is 1. The van der Waals surface area contributed by atoms with E-state index in [1.165, 1.54) is 19.3 Å². The number of aryl methyl sites for hydroxylation is 1. The number of anilines is 2. The van der Waals surface area contributed by atoms with Gasteiger partial charge in [-0.05, 0) is 32.9 Å². The predicted octanol–water partition coefficient (Wildman–Crippen LogP) is 3.30. The van der Waals surface area contributed by atoms with Gasteiger partial charge in [0.25, 0.3) is 5.91 Å². The third-order valence-electron chi connectivity index (χ3n) is 5.78. The molecule has 2 unspecified atom stereocenters. The molecular weight excluding hydrogens is 428 g/mol. The number of aromatic nitrogens is 4. The van der Waals surface area contributed by atoms with Crippen LogP contribution in [0.4, 0.5) is 20.2 Å². The average Bonchev–Trinajstić information content (AvgIpc) is 3.06. The number of nitrogens with zero attached hydrogens (tertiary/aromatic N) is 5. The van der Waals surface area contributed by atoms with Crippen LogP contribution in [0.15, 0.2) is 36.8 Å². The Morgan fingerprint density at radius 3 is 2.55 bits per heavy atom. The van der Waals surface area contributed by atoms with Crippen LogP contribution in [-0.2, 0) is 0 Å². The minimum absolute atomic E-state index is 0.0748. The van der Waals surface area contributed by atoms with E-state index in [2.05, 4.69) is 44.3 Å². The maximum absolute atomic E-state index is 14.4. The van der Waals surface area contributed by atoms with Crippen molar-refractivity contribution in [2.75, 3.05) is 23.3 Å². The van der Waals surface area contributed by atoms with Gasteiger partial charge in [-0.25, -0.2) is 9.37 Å². The van der Waals surface area contributed by atoms with E-state index in [0.717, 1.165) is 29.2 Å². The lowest BCUT2D eigenvalue weighted by Crippen LogP contribution is -2.54. The van der Waals surface area contributed by atoms with Gasteiger partial charge in [0.15, 0.2) is 11.5 Å². The largest absolute Gasteiger partial charge is 0.367 e. The number of piperazine rings is 1. The van der Waals surface area contributed by atoms with Crippen molar-refractivity contribution in [3.8, 4) is 0 Å². The summed E-state index contributed by atoms with van der Waals surface area (Å²) >= 11 is 0. The molecule has 2 atom stereocenters. The third-order valence-corrected chi connectivity index (χ3v) is 5.78. The Balaban J connectivity index is 1.51. The van der Waals surface area contributed by atoms with E-state index < -0.39 is 17.7 Å². The molecule has 10 heteroatoms. The summed E-state index contributed by atoms with van der Waals surface area (Å²) in [6, 6.07) is 5.28. The van der Waals surface area contributed by atoms with Crippen LogP contribution in [0.1, 0.15) is 29.9 Å². The lowest BCUT2D eigenvalue weighted by Gasteiger charge is -2.38. The predicted molar refractivity (Wildman–Crippen MR) is 122 cm³/mol. The molecule has 3 aromatic heterocycles. The number of carbonyl (C=O) groups excluding carboxylic acids is 1. The zero-order valence-electron chi connectivity index (χ0n) is 18.4. The second kappa shape index (κ2) is 8.04. The van der Waals surface area contributed by atoms with E-state index in [1.807, 2.05) is 6.07 Å². The van der Waals surface area contributed by atoms with E-state index in [4.69, 9.17) is 0 Å². The molecule has 4 aromatic rings. The van der Waals surface area contributed by atoms with Crippen LogP contribution in [0.2, 0.25) is 0 Å². The summed E-state index contributed by atoms with van der Waals surface area (Å²) in [6.45, 7) is 7.30. The summed E-state index contributed by atoms with van der Waals surface area (Å²) in [6.07, 6.45) is 4.43. The number of fused-ring (bicyclic) bond motifs is 2. The lowest BCUT2D eigenvalue weighted by atomic mass is 10.1. The number of hydrogen-bond acceptors (Lipinski definition) is 6. The van der Waals surface area contributed by atoms with Crippen LogP contribution in [-0.4, -0.2) is 50.4 Å². The highest BCUT2D eigenvalue weighted by Crippen LogP contribution is 2.29. The molecule has 0 saturated carbocycles. The molecule has 1 aliphatic rings. The molecule has 0 aliphatic carbocycles. The van der Waals surface area contributed by atoms with E-state index in [9.17, 15) is 13.6 Å². The summed E-state index contributed by atoms with van der Waals surface area (Å²) < 4.78 is 29.7. The van der Waals surface area contributed by atoms with E-state index in [1.54, 1.807) is 12.3 Å². The first-order chi connectivity index (χ1) is 15.8. The zero-order chi connectivity index (χ0) is 23.3. The maximum Gasteiger partial charge on any atom is 0.257 e. The number of hydrogen-bond donors (Lipinski definition) is 2. The molecule has 5 rings (SSSR count). The minimum Gasteiger partial charge on any atom is -0.367 e. The smallest absolute Gasteiger partial charge is 0.257 e. The van der Waals surface area contributed by atoms with Gasteiger partial charge >= 0.3 is 0 Å². The van der Waals surface area contributed by atoms with Gasteiger partial charge in [-0.1, -0.05) is 0 Å². The highest BCUT2D eigenvalue weighted by molar-refractivity contribution is 6.13. The van der Waals surface area contributed by atoms with Gasteiger partial charge in [-0.2, -0.15) is 4.39 Å². The zero-order valence-corrected chi connectivity index (χ0v) is 18.4. The van der Waals surface area contributed by atoms with Crippen molar-refractivity contribution in [2.45, 2.75) is 32.9 Å². The highest BCUT2D eigenvalue weighted by Gasteiger charge is 2.25. The number of carbonyl (C=O) groups is 1. The quantitative estimate of drug-likeness (QED) is 0.497. The summed E-state index contributed by atoms with van der Waals surface area (Å²) in [5.41, 5.74) is 2.29. The fourth-order valence-corrected chi connectivity index (χ4v) is 4.46. The molecule has 1 saturated heterocycles. The van der Waals surface area contributed by atoms with Crippen LogP contribution in [0.25, 0.3) is 16.7 Å². The fraction of sp³-hybridized carbons (Fsp3) is 0.304. The Hall–Kier alpha value is -3.66. The minimum atomic E-state index is -0.734. The Labute approximate surface area is 188 Å². The average molecular weight is 451 g/mol. The number of pyridine rings is 1. The second-order valence-corrected chi connectivity index (χ2v) is 8.47. The van der Waals surface area contributed by atoms with Crippen molar-refractivity contribution in [2.24, 2.45) is 0 Å². The highest BCUT2D eigenvalue weighted by atomic mass is 19.1. The molecule has 33 heavy (non-hydrogen) atoms. The van der Waals surface area contributed by atoms with Gasteiger partial charge in [-0.15, -0.1) is 0 Å². The first-order valence-corrected chi connectivity index (χ1v) is 10.7. The van der Waals surface area contributed by atoms with Crippen molar-refractivity contribution in [3.05, 3.63) is 59.8 Å². The van der Waals surface area contributed by atoms with Gasteiger partial charge in [0.1, 0.15) is 11.0 Å². The molecular formula is C23H23F2N7O. The van der Waals surface area contributed by atoms with Crippen molar-refractivity contribution >= 4 is 34.0 Å². The molecule has 2 N–H and O–H groups in total. The fourth-order valence-electron chi connectivity index (χ4n) is 4.46. The van der Waals surface area contributed by atoms with E-state index >= 15 is 0 Å². The van der Waals surface area contributed by atoms with Crippen molar-refractivity contribution < 1.29 is 13.6 Å². The second-order valence-electron chi connectivity index (χ2n) is 8.47. The molecule has 1 aliphatic heterocycles. The Morgan fingerprint density at radius 1 is 1.12 bits per heavy atom. The molecule has 170 valence electrons. The summed E-state index contributed by atoms with van der Waals surface area (Å²) in [7, 11) is 0. The number of amides is 1. The maximum atomic E-state index is 14.4. The van der Waals surface area contributed by atoms with Gasteiger partial charge in [-0.3, -0.25) is 19.2 Å². The van der Waals surface area contributed by atoms with Crippen LogP contribution >= 0.6 is 0 Å². The van der Waals surface area contributed by atoms with Gasteiger partial charge in [0, 0.05) is 49.8 Å². The van der Waals surface area contributed by atoms with Crippen LogP contribution in [0, 0.1) is 18.7 Å². The van der Waals surface area contributed by atoms with E-state index in [-0.39, 0.29) is 17.0 Å². The molecule has 0 spiro atoms. The van der Waals surface area contributed by atoms with Gasteiger partial charge in [0.05, 0.1) is 22.6 Å². The van der Waals surface area contributed by atoms with Crippen LogP contribution < -0.4 is 15.5 Å². The molecule has 8 nitrogen and oxygen atoms in total.